The van der Waals surface area contributed by atoms with E-state index in [-0.39, 0.29) is 24.7 Å². The van der Waals surface area contributed by atoms with Crippen LogP contribution in [0.15, 0.2) is 48.8 Å². The average Bonchev–Trinajstić information content (AvgIpc) is 2.48. The minimum absolute atomic E-state index is 0. The third-order valence-corrected chi connectivity index (χ3v) is 2.68. The van der Waals surface area contributed by atoms with Gasteiger partial charge in [0.2, 0.25) is 12.3 Å². The van der Waals surface area contributed by atoms with Crippen LogP contribution in [0.25, 0.3) is 0 Å². The van der Waals surface area contributed by atoms with Gasteiger partial charge in [-0.25, -0.2) is 0 Å². The first-order chi connectivity index (χ1) is 9.22. The first-order valence-electron chi connectivity index (χ1n) is 5.65. The van der Waals surface area contributed by atoms with E-state index in [1.54, 1.807) is 53.4 Å². The number of pyridine rings is 1. The summed E-state index contributed by atoms with van der Waals surface area (Å²) in [5.41, 5.74) is 1.65. The van der Waals surface area contributed by atoms with Crippen molar-refractivity contribution < 1.29 is 21.8 Å². The molecule has 1 heterocycles. The van der Waals surface area contributed by atoms with Gasteiger partial charge < -0.3 is 12.4 Å². The van der Waals surface area contributed by atoms with Crippen molar-refractivity contribution in [2.45, 2.75) is 6.54 Å². The Balaban J connectivity index is 0.00000200. The maximum Gasteiger partial charge on any atom is 0.227 e. The molecule has 0 bridgehead atoms. The van der Waals surface area contributed by atoms with E-state index in [9.17, 15) is 4.79 Å². The number of halogens is 1. The maximum atomic E-state index is 12.0. The minimum Gasteiger partial charge on any atom is -1.00 e. The Bertz CT molecular complexity index is 679. The van der Waals surface area contributed by atoms with Crippen LogP contribution in [0.3, 0.4) is 0 Å². The molecule has 0 aliphatic rings. The van der Waals surface area contributed by atoms with E-state index in [0.717, 1.165) is 0 Å². The van der Waals surface area contributed by atoms with Crippen molar-refractivity contribution in [2.75, 3.05) is 0 Å². The third-order valence-electron chi connectivity index (χ3n) is 2.68. The lowest BCUT2D eigenvalue weighted by molar-refractivity contribution is -0.683. The van der Waals surface area contributed by atoms with Gasteiger partial charge in [0.25, 0.3) is 0 Å². The van der Waals surface area contributed by atoms with Crippen molar-refractivity contribution in [2.24, 2.45) is 0 Å². The standard InChI is InChI=1S/C15H10N3O.ClH/c16-9-12-1-3-14(4-2-12)15(19)11-18-7-5-13(10-17)6-8-18;/h1-8H,11H2;1H/q+1;/p-1. The van der Waals surface area contributed by atoms with E-state index in [2.05, 4.69) is 0 Å². The van der Waals surface area contributed by atoms with E-state index in [1.807, 2.05) is 12.1 Å². The van der Waals surface area contributed by atoms with Crippen molar-refractivity contribution in [3.05, 3.63) is 65.5 Å². The maximum absolute atomic E-state index is 12.0. The van der Waals surface area contributed by atoms with Gasteiger partial charge in [-0.1, -0.05) is 0 Å². The quantitative estimate of drug-likeness (QED) is 0.514. The highest BCUT2D eigenvalue weighted by molar-refractivity contribution is 5.95. The predicted octanol–water partition coefficient (Wildman–Crippen LogP) is -1.40. The number of carbonyl (C=O) groups is 1. The first kappa shape index (κ1) is 15.4. The highest BCUT2D eigenvalue weighted by atomic mass is 35.5. The Hall–Kier alpha value is -2.69. The van der Waals surface area contributed by atoms with Crippen LogP contribution >= 0.6 is 0 Å². The zero-order chi connectivity index (χ0) is 13.7. The van der Waals surface area contributed by atoms with Crippen molar-refractivity contribution >= 4 is 5.78 Å². The van der Waals surface area contributed by atoms with Crippen molar-refractivity contribution in [1.82, 2.24) is 0 Å². The summed E-state index contributed by atoms with van der Waals surface area (Å²) in [5, 5.41) is 17.4. The Morgan fingerprint density at radius 3 is 1.95 bits per heavy atom. The summed E-state index contributed by atoms with van der Waals surface area (Å²) in [4.78, 5) is 12.0. The number of benzene rings is 1. The number of ketones is 1. The van der Waals surface area contributed by atoms with Crippen LogP contribution in [0, 0.1) is 22.7 Å². The fraction of sp³-hybridized carbons (Fsp3) is 0.0667. The number of aromatic nitrogens is 1. The smallest absolute Gasteiger partial charge is 0.227 e. The van der Waals surface area contributed by atoms with Crippen LogP contribution < -0.4 is 17.0 Å². The molecule has 0 saturated heterocycles. The highest BCUT2D eigenvalue weighted by Crippen LogP contribution is 2.04. The van der Waals surface area contributed by atoms with Crippen LogP contribution in [0.5, 0.6) is 0 Å². The monoisotopic (exact) mass is 283 g/mol. The van der Waals surface area contributed by atoms with E-state index < -0.39 is 0 Å². The van der Waals surface area contributed by atoms with Gasteiger partial charge in [-0.05, 0) is 24.3 Å². The molecule has 2 aromatic rings. The Morgan fingerprint density at radius 2 is 1.45 bits per heavy atom. The second kappa shape index (κ2) is 7.04. The molecule has 0 saturated carbocycles. The number of Topliss-reactive ketones (excluding diaryl/α,β-unsaturated/α-hetero) is 1. The number of nitriles is 2. The molecular weight excluding hydrogens is 274 g/mol. The van der Waals surface area contributed by atoms with Crippen molar-refractivity contribution in [1.29, 1.82) is 10.5 Å². The molecule has 98 valence electrons. The lowest BCUT2D eigenvalue weighted by Crippen LogP contribution is -3.00. The fourth-order valence-corrected chi connectivity index (χ4v) is 1.63. The summed E-state index contributed by atoms with van der Waals surface area (Å²) in [6.07, 6.45) is 3.39. The molecule has 0 spiro atoms. The normalized spacial score (nSPS) is 8.90. The van der Waals surface area contributed by atoms with E-state index in [1.165, 1.54) is 0 Å². The van der Waals surface area contributed by atoms with Gasteiger partial charge in [0.05, 0.1) is 23.3 Å². The first-order valence-corrected chi connectivity index (χ1v) is 5.65. The summed E-state index contributed by atoms with van der Waals surface area (Å²) in [5.74, 6) is -0.0424. The Kier molecular flexibility index (Phi) is 5.41. The Morgan fingerprint density at radius 1 is 0.950 bits per heavy atom. The van der Waals surface area contributed by atoms with Crippen LogP contribution in [-0.2, 0) is 6.54 Å². The fourth-order valence-electron chi connectivity index (χ4n) is 1.63. The zero-order valence-electron chi connectivity index (χ0n) is 10.5. The molecule has 0 unspecified atom stereocenters. The second-order valence-corrected chi connectivity index (χ2v) is 3.98. The molecule has 0 N–H and O–H groups in total. The summed E-state index contributed by atoms with van der Waals surface area (Å²) in [7, 11) is 0. The largest absolute Gasteiger partial charge is 1.00 e. The van der Waals surface area contributed by atoms with E-state index in [4.69, 9.17) is 10.5 Å². The summed E-state index contributed by atoms with van der Waals surface area (Å²) in [6.45, 7) is 0.206. The SMILES string of the molecule is N#Cc1ccc(C(=O)C[n+]2ccc(C#N)cc2)cc1.[Cl-]. The van der Waals surface area contributed by atoms with Gasteiger partial charge >= 0.3 is 0 Å². The number of rotatable bonds is 3. The molecule has 0 atom stereocenters. The number of hydrogen-bond donors (Lipinski definition) is 0. The van der Waals surface area contributed by atoms with Gasteiger partial charge in [0, 0.05) is 17.7 Å². The molecule has 0 amide bonds. The van der Waals surface area contributed by atoms with Crippen LogP contribution in [0.4, 0.5) is 0 Å². The third kappa shape index (κ3) is 3.65. The lowest BCUT2D eigenvalue weighted by atomic mass is 10.1. The summed E-state index contributed by atoms with van der Waals surface area (Å²) < 4.78 is 1.71. The predicted molar refractivity (Wildman–Crippen MR) is 66.8 cm³/mol. The zero-order valence-corrected chi connectivity index (χ0v) is 11.2. The highest BCUT2D eigenvalue weighted by Gasteiger charge is 2.11. The Labute approximate surface area is 122 Å². The molecule has 0 aliphatic heterocycles. The molecule has 4 nitrogen and oxygen atoms in total. The van der Waals surface area contributed by atoms with E-state index in [0.29, 0.717) is 16.7 Å². The van der Waals surface area contributed by atoms with E-state index >= 15 is 0 Å². The number of hydrogen-bond acceptors (Lipinski definition) is 3. The van der Waals surface area contributed by atoms with Crippen molar-refractivity contribution in [3.8, 4) is 12.1 Å². The van der Waals surface area contributed by atoms with Gasteiger partial charge in [-0.15, -0.1) is 0 Å². The number of nitrogens with zero attached hydrogens (tertiary/aromatic N) is 3. The molecular formula is C15H10ClN3O. The summed E-state index contributed by atoms with van der Waals surface area (Å²) >= 11 is 0. The van der Waals surface area contributed by atoms with Crippen LogP contribution in [-0.4, -0.2) is 5.78 Å². The molecule has 0 radical (unpaired) electrons. The molecule has 5 heteroatoms. The average molecular weight is 284 g/mol. The minimum atomic E-state index is -0.0424. The van der Waals surface area contributed by atoms with Crippen molar-refractivity contribution in [3.63, 3.8) is 0 Å². The molecule has 2 rings (SSSR count). The number of carbonyl (C=O) groups excluding carboxylic acids is 1. The second-order valence-electron chi connectivity index (χ2n) is 3.98. The van der Waals surface area contributed by atoms with Gasteiger partial charge in [-0.2, -0.15) is 15.1 Å². The molecule has 1 aromatic carbocycles. The van der Waals surface area contributed by atoms with Gasteiger partial charge in [0.1, 0.15) is 0 Å². The van der Waals surface area contributed by atoms with Gasteiger partial charge in [0.15, 0.2) is 12.4 Å². The molecule has 0 fully saturated rings. The lowest BCUT2D eigenvalue weighted by Gasteiger charge is -1.98. The van der Waals surface area contributed by atoms with Gasteiger partial charge in [-0.3, -0.25) is 4.79 Å². The summed E-state index contributed by atoms with van der Waals surface area (Å²) in [6, 6.07) is 13.9. The topological polar surface area (TPSA) is 68.5 Å². The molecule has 20 heavy (non-hydrogen) atoms. The molecule has 1 aromatic heterocycles. The van der Waals surface area contributed by atoms with Crippen LogP contribution in [0.2, 0.25) is 0 Å². The molecule has 0 aliphatic carbocycles. The van der Waals surface area contributed by atoms with Crippen LogP contribution in [0.1, 0.15) is 21.5 Å².